The average Bonchev–Trinajstić information content (AvgIpc) is 2.42. The van der Waals surface area contributed by atoms with Gasteiger partial charge in [0.15, 0.2) is 0 Å². The van der Waals surface area contributed by atoms with Crippen LogP contribution in [0.1, 0.15) is 38.3 Å². The third-order valence-electron chi connectivity index (χ3n) is 3.30. The molecule has 2 heterocycles. The van der Waals surface area contributed by atoms with E-state index < -0.39 is 0 Å². The summed E-state index contributed by atoms with van der Waals surface area (Å²) < 4.78 is 0. The van der Waals surface area contributed by atoms with Crippen molar-refractivity contribution in [3.05, 3.63) is 22.8 Å². The molecule has 2 rings (SSSR count). The summed E-state index contributed by atoms with van der Waals surface area (Å²) in [4.78, 5) is 7.06. The van der Waals surface area contributed by atoms with Gasteiger partial charge in [0.25, 0.3) is 0 Å². The molecule has 0 radical (unpaired) electrons. The van der Waals surface area contributed by atoms with E-state index in [1.807, 2.05) is 12.1 Å². The van der Waals surface area contributed by atoms with Crippen molar-refractivity contribution in [2.24, 2.45) is 0 Å². The van der Waals surface area contributed by atoms with E-state index in [1.165, 1.54) is 19.3 Å². The molecule has 1 aromatic heterocycles. The number of piperidine rings is 1. The van der Waals surface area contributed by atoms with E-state index in [0.717, 1.165) is 49.1 Å². The molecule has 1 aliphatic heterocycles. The van der Waals surface area contributed by atoms with Crippen molar-refractivity contribution in [2.75, 3.05) is 24.5 Å². The molecule has 1 saturated heterocycles. The highest BCUT2D eigenvalue weighted by atomic mass is 35.5. The van der Waals surface area contributed by atoms with Gasteiger partial charge in [0, 0.05) is 19.6 Å². The Morgan fingerprint density at radius 2 is 2.06 bits per heavy atom. The van der Waals surface area contributed by atoms with Crippen molar-refractivity contribution < 1.29 is 0 Å². The number of aromatic nitrogens is 1. The highest BCUT2D eigenvalue weighted by Gasteiger charge is 2.13. The first-order valence-electron chi connectivity index (χ1n) is 6.92. The number of nitrogens with zero attached hydrogens (tertiary/aromatic N) is 2. The molecule has 18 heavy (non-hydrogen) atoms. The average molecular weight is 268 g/mol. The van der Waals surface area contributed by atoms with E-state index in [0.29, 0.717) is 0 Å². The maximum atomic E-state index is 6.19. The summed E-state index contributed by atoms with van der Waals surface area (Å²) in [6.07, 6.45) is 5.01. The second-order valence-electron chi connectivity index (χ2n) is 4.82. The molecule has 1 N–H and O–H groups in total. The molecule has 4 heteroatoms. The van der Waals surface area contributed by atoms with Gasteiger partial charge < -0.3 is 10.2 Å². The lowest BCUT2D eigenvalue weighted by atomic mass is 10.1. The van der Waals surface area contributed by atoms with Crippen molar-refractivity contribution in [3.63, 3.8) is 0 Å². The molecule has 100 valence electrons. The van der Waals surface area contributed by atoms with Crippen molar-refractivity contribution in [1.29, 1.82) is 0 Å². The summed E-state index contributed by atoms with van der Waals surface area (Å²) >= 11 is 6.19. The molecule has 0 unspecified atom stereocenters. The predicted octanol–water partition coefficient (Wildman–Crippen LogP) is 3.22. The largest absolute Gasteiger partial charge is 0.357 e. The van der Waals surface area contributed by atoms with Gasteiger partial charge in [0.05, 0.1) is 10.7 Å². The van der Waals surface area contributed by atoms with Gasteiger partial charge in [-0.3, -0.25) is 0 Å². The van der Waals surface area contributed by atoms with Gasteiger partial charge in [0.1, 0.15) is 5.82 Å². The van der Waals surface area contributed by atoms with Crippen molar-refractivity contribution >= 4 is 17.4 Å². The van der Waals surface area contributed by atoms with E-state index in [2.05, 4.69) is 17.1 Å². The van der Waals surface area contributed by atoms with E-state index in [4.69, 9.17) is 16.6 Å². The third kappa shape index (κ3) is 3.59. The van der Waals surface area contributed by atoms with Crippen LogP contribution in [-0.2, 0) is 6.54 Å². The number of hydrogen-bond donors (Lipinski definition) is 1. The second-order valence-corrected chi connectivity index (χ2v) is 5.23. The van der Waals surface area contributed by atoms with Crippen molar-refractivity contribution in [1.82, 2.24) is 10.3 Å². The van der Waals surface area contributed by atoms with Crippen LogP contribution in [-0.4, -0.2) is 24.6 Å². The number of halogens is 1. The van der Waals surface area contributed by atoms with Crippen LogP contribution < -0.4 is 10.2 Å². The molecular formula is C14H22ClN3. The Balaban J connectivity index is 2.04. The third-order valence-corrected chi connectivity index (χ3v) is 3.65. The minimum absolute atomic E-state index is 0.758. The molecule has 0 aromatic carbocycles. The monoisotopic (exact) mass is 267 g/mol. The van der Waals surface area contributed by atoms with Gasteiger partial charge >= 0.3 is 0 Å². The smallest absolute Gasteiger partial charge is 0.128 e. The molecule has 1 fully saturated rings. The Morgan fingerprint density at radius 3 is 2.78 bits per heavy atom. The van der Waals surface area contributed by atoms with E-state index in [9.17, 15) is 0 Å². The summed E-state index contributed by atoms with van der Waals surface area (Å²) in [5, 5.41) is 4.12. The van der Waals surface area contributed by atoms with Gasteiger partial charge in [0.2, 0.25) is 0 Å². The number of anilines is 1. The minimum atomic E-state index is 0.758. The highest BCUT2D eigenvalue weighted by molar-refractivity contribution is 6.31. The van der Waals surface area contributed by atoms with Crippen molar-refractivity contribution in [3.8, 4) is 0 Å². The van der Waals surface area contributed by atoms with Crippen LogP contribution >= 0.6 is 11.6 Å². The normalized spacial score (nSPS) is 16.0. The number of pyridine rings is 1. The fourth-order valence-corrected chi connectivity index (χ4v) is 2.45. The highest BCUT2D eigenvalue weighted by Crippen LogP contribution is 2.22. The maximum absolute atomic E-state index is 6.19. The molecule has 0 saturated carbocycles. The number of nitrogens with one attached hydrogen (secondary N) is 1. The van der Waals surface area contributed by atoms with Gasteiger partial charge in [-0.1, -0.05) is 18.5 Å². The first-order valence-corrected chi connectivity index (χ1v) is 7.30. The van der Waals surface area contributed by atoms with Crippen LogP contribution in [0.25, 0.3) is 0 Å². The molecule has 0 spiro atoms. The van der Waals surface area contributed by atoms with E-state index in [-0.39, 0.29) is 0 Å². The quantitative estimate of drug-likeness (QED) is 0.831. The second kappa shape index (κ2) is 6.95. The molecule has 3 nitrogen and oxygen atoms in total. The maximum Gasteiger partial charge on any atom is 0.128 e. The molecule has 0 amide bonds. The summed E-state index contributed by atoms with van der Waals surface area (Å²) in [6, 6.07) is 4.01. The van der Waals surface area contributed by atoms with Gasteiger partial charge in [-0.15, -0.1) is 0 Å². The van der Waals surface area contributed by atoms with Gasteiger partial charge in [-0.05, 0) is 44.4 Å². The van der Waals surface area contributed by atoms with Crippen LogP contribution in [0.3, 0.4) is 0 Å². The van der Waals surface area contributed by atoms with Gasteiger partial charge in [-0.25, -0.2) is 4.98 Å². The number of hydrogen-bond acceptors (Lipinski definition) is 3. The summed E-state index contributed by atoms with van der Waals surface area (Å²) in [6.45, 7) is 6.17. The Bertz CT molecular complexity index is 375. The Labute approximate surface area is 115 Å². The molecule has 0 aliphatic carbocycles. The molecule has 1 aromatic rings. The Kier molecular flexibility index (Phi) is 5.26. The van der Waals surface area contributed by atoms with Crippen LogP contribution in [0.2, 0.25) is 5.02 Å². The van der Waals surface area contributed by atoms with E-state index in [1.54, 1.807) is 0 Å². The fourth-order valence-electron chi connectivity index (χ4n) is 2.28. The predicted molar refractivity (Wildman–Crippen MR) is 77.3 cm³/mol. The molecule has 0 atom stereocenters. The lowest BCUT2D eigenvalue weighted by molar-refractivity contribution is 0.571. The van der Waals surface area contributed by atoms with E-state index >= 15 is 0 Å². The summed E-state index contributed by atoms with van der Waals surface area (Å²) in [5.74, 6) is 1.08. The van der Waals surface area contributed by atoms with Gasteiger partial charge in [-0.2, -0.15) is 0 Å². The van der Waals surface area contributed by atoms with Crippen LogP contribution in [0.5, 0.6) is 0 Å². The molecule has 1 aliphatic rings. The molecule has 0 bridgehead atoms. The zero-order valence-corrected chi connectivity index (χ0v) is 11.8. The number of rotatable bonds is 5. The first kappa shape index (κ1) is 13.6. The lowest BCUT2D eigenvalue weighted by Crippen LogP contribution is -2.30. The first-order chi connectivity index (χ1) is 8.81. The lowest BCUT2D eigenvalue weighted by Gasteiger charge is -2.28. The molecular weight excluding hydrogens is 246 g/mol. The van der Waals surface area contributed by atoms with Crippen LogP contribution in [0.4, 0.5) is 5.82 Å². The Hall–Kier alpha value is -0.800. The topological polar surface area (TPSA) is 28.2 Å². The van der Waals surface area contributed by atoms with Crippen molar-refractivity contribution in [2.45, 2.75) is 39.2 Å². The minimum Gasteiger partial charge on any atom is -0.357 e. The van der Waals surface area contributed by atoms with Crippen LogP contribution in [0, 0.1) is 0 Å². The standard InChI is InChI=1S/C14H22ClN3/c1-2-8-16-11-13-12(15)6-7-14(17-13)18-9-4-3-5-10-18/h6-7,16H,2-5,8-11H2,1H3. The SMILES string of the molecule is CCCNCc1nc(N2CCCCC2)ccc1Cl. The summed E-state index contributed by atoms with van der Waals surface area (Å²) in [5.41, 5.74) is 0.966. The van der Waals surface area contributed by atoms with Crippen LogP contribution in [0.15, 0.2) is 12.1 Å². The fraction of sp³-hybridized carbons (Fsp3) is 0.643. The summed E-state index contributed by atoms with van der Waals surface area (Å²) in [7, 11) is 0. The Morgan fingerprint density at radius 1 is 1.28 bits per heavy atom. The zero-order chi connectivity index (χ0) is 12.8. The zero-order valence-electron chi connectivity index (χ0n) is 11.1.